The Morgan fingerprint density at radius 1 is 1.00 bits per heavy atom. The first kappa shape index (κ1) is 18.4. The highest BCUT2D eigenvalue weighted by Gasteiger charge is 2.51. The number of anilines is 1. The monoisotopic (exact) mass is 461 g/mol. The fourth-order valence-electron chi connectivity index (χ4n) is 5.82. The average Bonchev–Trinajstić information content (AvgIpc) is 3.29. The SMILES string of the molecule is O=C1NCN(c2cccc(Br)c2)C12CCN(C1Cc3cccc4cccc1c34)CC2. The number of halogens is 1. The number of rotatable bonds is 2. The van der Waals surface area contributed by atoms with Crippen LogP contribution in [0.1, 0.15) is 30.0 Å². The van der Waals surface area contributed by atoms with Crippen LogP contribution in [0.4, 0.5) is 5.69 Å². The van der Waals surface area contributed by atoms with Crippen LogP contribution in [0.25, 0.3) is 10.8 Å². The highest BCUT2D eigenvalue weighted by molar-refractivity contribution is 9.10. The summed E-state index contributed by atoms with van der Waals surface area (Å²) in [6, 6.07) is 22.1. The van der Waals surface area contributed by atoms with Crippen molar-refractivity contribution in [2.45, 2.75) is 30.8 Å². The lowest BCUT2D eigenvalue weighted by Crippen LogP contribution is -2.56. The number of likely N-dealkylation sites (tertiary alicyclic amines) is 1. The van der Waals surface area contributed by atoms with Gasteiger partial charge in [-0.25, -0.2) is 0 Å². The summed E-state index contributed by atoms with van der Waals surface area (Å²) in [4.78, 5) is 17.9. The second kappa shape index (κ2) is 6.82. The Bertz CT molecular complexity index is 1150. The number of carbonyl (C=O) groups excluding carboxylic acids is 1. The highest BCUT2D eigenvalue weighted by atomic mass is 79.9. The topological polar surface area (TPSA) is 35.6 Å². The van der Waals surface area contributed by atoms with Crippen LogP contribution in [-0.2, 0) is 11.2 Å². The maximum atomic E-state index is 13.0. The van der Waals surface area contributed by atoms with E-state index in [2.05, 4.69) is 79.6 Å². The molecule has 0 bridgehead atoms. The van der Waals surface area contributed by atoms with Gasteiger partial charge < -0.3 is 10.2 Å². The molecule has 5 heteroatoms. The fraction of sp³-hybridized carbons (Fsp3) is 0.320. The van der Waals surface area contributed by atoms with Gasteiger partial charge >= 0.3 is 0 Å². The van der Waals surface area contributed by atoms with Crippen LogP contribution in [0.5, 0.6) is 0 Å². The Kier molecular flexibility index (Phi) is 4.19. The van der Waals surface area contributed by atoms with Crippen LogP contribution < -0.4 is 10.2 Å². The maximum Gasteiger partial charge on any atom is 0.247 e. The summed E-state index contributed by atoms with van der Waals surface area (Å²) in [5, 5.41) is 5.90. The number of hydrogen-bond donors (Lipinski definition) is 1. The fourth-order valence-corrected chi connectivity index (χ4v) is 6.20. The van der Waals surface area contributed by atoms with Gasteiger partial charge in [-0.2, -0.15) is 0 Å². The maximum absolute atomic E-state index is 13.0. The Morgan fingerprint density at radius 2 is 1.77 bits per heavy atom. The van der Waals surface area contributed by atoms with Crippen LogP contribution in [0, 0.1) is 0 Å². The number of carbonyl (C=O) groups is 1. The van der Waals surface area contributed by atoms with Gasteiger partial charge in [0, 0.05) is 29.3 Å². The lowest BCUT2D eigenvalue weighted by Gasteiger charge is -2.45. The van der Waals surface area contributed by atoms with Crippen LogP contribution in [0.2, 0.25) is 0 Å². The molecule has 3 aliphatic rings. The van der Waals surface area contributed by atoms with Crippen molar-refractivity contribution < 1.29 is 4.79 Å². The highest BCUT2D eigenvalue weighted by Crippen LogP contribution is 2.44. The van der Waals surface area contributed by atoms with Crippen molar-refractivity contribution in [2.75, 3.05) is 24.7 Å². The van der Waals surface area contributed by atoms with E-state index in [-0.39, 0.29) is 5.91 Å². The first-order chi connectivity index (χ1) is 14.7. The molecule has 3 aromatic carbocycles. The van der Waals surface area contributed by atoms with E-state index in [1.807, 2.05) is 12.1 Å². The second-order valence-corrected chi connectivity index (χ2v) is 9.64. The molecule has 4 nitrogen and oxygen atoms in total. The molecule has 1 spiro atoms. The largest absolute Gasteiger partial charge is 0.339 e. The standard InChI is InChI=1S/C25H24BrN3O/c26-19-7-3-8-20(15-19)29-16-27-24(30)25(29)10-12-28(13-11-25)22-14-18-6-1-4-17-5-2-9-21(22)23(17)18/h1-9,15,22H,10-14,16H2,(H,27,30). The zero-order valence-electron chi connectivity index (χ0n) is 16.8. The molecule has 6 rings (SSSR count). The Morgan fingerprint density at radius 3 is 2.57 bits per heavy atom. The van der Waals surface area contributed by atoms with Crippen molar-refractivity contribution in [1.82, 2.24) is 10.2 Å². The summed E-state index contributed by atoms with van der Waals surface area (Å²) in [5.74, 6) is 0.180. The van der Waals surface area contributed by atoms with Crippen molar-refractivity contribution in [3.05, 3.63) is 76.3 Å². The van der Waals surface area contributed by atoms with Crippen LogP contribution in [0.15, 0.2) is 65.1 Å². The van der Waals surface area contributed by atoms with E-state index in [1.54, 1.807) is 0 Å². The van der Waals surface area contributed by atoms with Gasteiger partial charge in [0.2, 0.25) is 5.91 Å². The number of piperidine rings is 1. The molecule has 2 aliphatic heterocycles. The molecule has 1 atom stereocenters. The Hall–Kier alpha value is -2.37. The molecule has 2 heterocycles. The molecule has 1 aliphatic carbocycles. The number of benzene rings is 3. The number of nitrogens with one attached hydrogen (secondary N) is 1. The summed E-state index contributed by atoms with van der Waals surface area (Å²) in [6.07, 6.45) is 2.79. The molecule has 1 amide bonds. The van der Waals surface area contributed by atoms with Gasteiger partial charge in [-0.05, 0) is 59.4 Å². The van der Waals surface area contributed by atoms with E-state index < -0.39 is 5.54 Å². The summed E-state index contributed by atoms with van der Waals surface area (Å²) in [6.45, 7) is 2.46. The second-order valence-electron chi connectivity index (χ2n) is 8.72. The van der Waals surface area contributed by atoms with E-state index in [0.717, 1.165) is 42.5 Å². The summed E-state index contributed by atoms with van der Waals surface area (Å²) < 4.78 is 1.05. The van der Waals surface area contributed by atoms with Gasteiger partial charge in [-0.3, -0.25) is 9.69 Å². The summed E-state index contributed by atoms with van der Waals surface area (Å²) >= 11 is 3.58. The molecule has 0 aromatic heterocycles. The van der Waals surface area contributed by atoms with Crippen molar-refractivity contribution in [3.8, 4) is 0 Å². The first-order valence-corrected chi connectivity index (χ1v) is 11.5. The molecule has 152 valence electrons. The zero-order chi connectivity index (χ0) is 20.3. The molecule has 30 heavy (non-hydrogen) atoms. The first-order valence-electron chi connectivity index (χ1n) is 10.7. The lowest BCUT2D eigenvalue weighted by atomic mass is 9.84. The zero-order valence-corrected chi connectivity index (χ0v) is 18.4. The van der Waals surface area contributed by atoms with Gasteiger partial charge in [0.05, 0.1) is 6.67 Å². The molecule has 3 aromatic rings. The minimum atomic E-state index is -0.436. The molecule has 2 saturated heterocycles. The minimum absolute atomic E-state index is 0.180. The molecular weight excluding hydrogens is 438 g/mol. The smallest absolute Gasteiger partial charge is 0.247 e. The van der Waals surface area contributed by atoms with Crippen molar-refractivity contribution in [3.63, 3.8) is 0 Å². The van der Waals surface area contributed by atoms with Crippen molar-refractivity contribution >= 4 is 38.3 Å². The molecule has 0 saturated carbocycles. The summed E-state index contributed by atoms with van der Waals surface area (Å²) in [7, 11) is 0. The number of nitrogens with zero attached hydrogens (tertiary/aromatic N) is 2. The molecule has 1 N–H and O–H groups in total. The van der Waals surface area contributed by atoms with Crippen molar-refractivity contribution in [2.24, 2.45) is 0 Å². The predicted octanol–water partition coefficient (Wildman–Crippen LogP) is 4.63. The molecular formula is C25H24BrN3O. The van der Waals surface area contributed by atoms with E-state index >= 15 is 0 Å². The van der Waals surface area contributed by atoms with Crippen LogP contribution in [-0.4, -0.2) is 36.1 Å². The normalized spacial score (nSPS) is 22.8. The molecule has 1 unspecified atom stereocenters. The number of hydrogen-bond acceptors (Lipinski definition) is 3. The molecule has 0 radical (unpaired) electrons. The third-order valence-corrected chi connectivity index (χ3v) is 7.81. The van der Waals surface area contributed by atoms with Gasteiger partial charge in [-0.1, -0.05) is 58.4 Å². The van der Waals surface area contributed by atoms with Gasteiger partial charge in [-0.15, -0.1) is 0 Å². The average molecular weight is 462 g/mol. The van der Waals surface area contributed by atoms with E-state index in [1.165, 1.54) is 21.9 Å². The van der Waals surface area contributed by atoms with Crippen LogP contribution in [0.3, 0.4) is 0 Å². The minimum Gasteiger partial charge on any atom is -0.339 e. The third kappa shape index (κ3) is 2.65. The van der Waals surface area contributed by atoms with E-state index in [9.17, 15) is 4.79 Å². The van der Waals surface area contributed by atoms with Gasteiger partial charge in [0.1, 0.15) is 5.54 Å². The predicted molar refractivity (Wildman–Crippen MR) is 124 cm³/mol. The molecule has 2 fully saturated rings. The van der Waals surface area contributed by atoms with Gasteiger partial charge in [0.15, 0.2) is 0 Å². The van der Waals surface area contributed by atoms with E-state index in [4.69, 9.17) is 0 Å². The quantitative estimate of drug-likeness (QED) is 0.604. The number of amides is 1. The van der Waals surface area contributed by atoms with Crippen molar-refractivity contribution in [1.29, 1.82) is 0 Å². The van der Waals surface area contributed by atoms with Crippen LogP contribution >= 0.6 is 15.9 Å². The lowest BCUT2D eigenvalue weighted by molar-refractivity contribution is -0.125. The third-order valence-electron chi connectivity index (χ3n) is 7.32. The van der Waals surface area contributed by atoms with E-state index in [0.29, 0.717) is 12.7 Å². The Balaban J connectivity index is 1.27. The van der Waals surface area contributed by atoms with Gasteiger partial charge in [0.25, 0.3) is 0 Å². The Labute approximate surface area is 185 Å². The summed E-state index contributed by atoms with van der Waals surface area (Å²) in [5.41, 5.74) is 3.59.